The molecule has 1 heterocycles. The third-order valence-electron chi connectivity index (χ3n) is 4.23. The monoisotopic (exact) mass is 341 g/mol. The number of hydrogen-bond acceptors (Lipinski definition) is 3. The van der Waals surface area contributed by atoms with Gasteiger partial charge in [0.1, 0.15) is 0 Å². The van der Waals surface area contributed by atoms with Crippen LogP contribution in [0.1, 0.15) is 5.56 Å². The fraction of sp³-hybridized carbons (Fsp3) is 0.316. The first-order chi connectivity index (χ1) is 11.7. The van der Waals surface area contributed by atoms with Crippen LogP contribution in [0.5, 0.6) is 0 Å². The van der Waals surface area contributed by atoms with E-state index in [-0.39, 0.29) is 6.03 Å². The predicted molar refractivity (Wildman–Crippen MR) is 101 cm³/mol. The lowest BCUT2D eigenvalue weighted by atomic mass is 10.2. The number of rotatable bonds is 4. The van der Waals surface area contributed by atoms with Crippen molar-refractivity contribution >= 4 is 23.5 Å². The van der Waals surface area contributed by atoms with Crippen molar-refractivity contribution in [2.75, 3.05) is 37.8 Å². The topological polar surface area (TPSA) is 35.6 Å². The first-order valence-corrected chi connectivity index (χ1v) is 9.43. The molecule has 126 valence electrons. The maximum absolute atomic E-state index is 12.4. The Balaban J connectivity index is 1.49. The molecular formula is C19H23N3OS. The molecular weight excluding hydrogens is 318 g/mol. The summed E-state index contributed by atoms with van der Waals surface area (Å²) in [6.45, 7) is 4.30. The quantitative estimate of drug-likeness (QED) is 0.860. The van der Waals surface area contributed by atoms with Gasteiger partial charge in [0.15, 0.2) is 0 Å². The smallest absolute Gasteiger partial charge is 0.321 e. The lowest BCUT2D eigenvalue weighted by molar-refractivity contribution is 0.143. The number of nitrogens with zero attached hydrogens (tertiary/aromatic N) is 2. The Kier molecular flexibility index (Phi) is 5.77. The minimum Gasteiger partial charge on any atom is -0.322 e. The Morgan fingerprint density at radius 1 is 1.04 bits per heavy atom. The highest BCUT2D eigenvalue weighted by Crippen LogP contribution is 2.19. The molecule has 0 aliphatic carbocycles. The van der Waals surface area contributed by atoms with Gasteiger partial charge >= 0.3 is 6.03 Å². The van der Waals surface area contributed by atoms with E-state index in [9.17, 15) is 4.79 Å². The molecule has 1 aliphatic heterocycles. The number of thioether (sulfide) groups is 1. The van der Waals surface area contributed by atoms with E-state index in [0.717, 1.165) is 43.3 Å². The van der Waals surface area contributed by atoms with Gasteiger partial charge in [0.2, 0.25) is 0 Å². The van der Waals surface area contributed by atoms with Gasteiger partial charge in [-0.25, -0.2) is 4.79 Å². The summed E-state index contributed by atoms with van der Waals surface area (Å²) >= 11 is 1.68. The number of carbonyl (C=O) groups excluding carboxylic acids is 1. The van der Waals surface area contributed by atoms with E-state index in [1.54, 1.807) is 11.8 Å². The minimum atomic E-state index is -0.00684. The van der Waals surface area contributed by atoms with Crippen molar-refractivity contribution in [2.45, 2.75) is 11.4 Å². The summed E-state index contributed by atoms with van der Waals surface area (Å²) in [6.07, 6.45) is 2.03. The van der Waals surface area contributed by atoms with Gasteiger partial charge in [-0.05, 0) is 30.0 Å². The second-order valence-corrected chi connectivity index (χ2v) is 6.79. The van der Waals surface area contributed by atoms with Crippen molar-refractivity contribution in [1.29, 1.82) is 0 Å². The molecule has 1 N–H and O–H groups in total. The van der Waals surface area contributed by atoms with Gasteiger partial charge in [-0.3, -0.25) is 4.90 Å². The lowest BCUT2D eigenvalue weighted by Crippen LogP contribution is -2.49. The van der Waals surface area contributed by atoms with Gasteiger partial charge in [0.25, 0.3) is 0 Å². The van der Waals surface area contributed by atoms with Gasteiger partial charge in [-0.2, -0.15) is 0 Å². The lowest BCUT2D eigenvalue weighted by Gasteiger charge is -2.34. The highest BCUT2D eigenvalue weighted by atomic mass is 32.2. The van der Waals surface area contributed by atoms with Crippen LogP contribution >= 0.6 is 11.8 Å². The Bertz CT molecular complexity index is 669. The second-order valence-electron chi connectivity index (χ2n) is 5.91. The standard InChI is InChI=1S/C19H23N3OS/c1-24-18-9-5-8-17(14-18)20-19(23)22-12-10-21(11-13-22)15-16-6-3-2-4-7-16/h2-9,14H,10-13,15H2,1H3,(H,20,23). The summed E-state index contributed by atoms with van der Waals surface area (Å²) < 4.78 is 0. The zero-order valence-corrected chi connectivity index (χ0v) is 14.8. The first-order valence-electron chi connectivity index (χ1n) is 8.21. The molecule has 2 aromatic carbocycles. The molecule has 3 rings (SSSR count). The normalized spacial score (nSPS) is 15.3. The molecule has 1 aliphatic rings. The highest BCUT2D eigenvalue weighted by molar-refractivity contribution is 7.98. The van der Waals surface area contributed by atoms with E-state index >= 15 is 0 Å². The molecule has 0 unspecified atom stereocenters. The van der Waals surface area contributed by atoms with Crippen molar-refractivity contribution in [2.24, 2.45) is 0 Å². The third kappa shape index (κ3) is 4.52. The summed E-state index contributed by atoms with van der Waals surface area (Å²) in [6, 6.07) is 18.4. The van der Waals surface area contributed by atoms with Gasteiger partial charge in [-0.15, -0.1) is 11.8 Å². The number of hydrogen-bond donors (Lipinski definition) is 1. The van der Waals surface area contributed by atoms with Crippen LogP contribution in [0.25, 0.3) is 0 Å². The molecule has 4 nitrogen and oxygen atoms in total. The molecule has 24 heavy (non-hydrogen) atoms. The van der Waals surface area contributed by atoms with E-state index in [0.29, 0.717) is 0 Å². The van der Waals surface area contributed by atoms with Crippen LogP contribution in [-0.2, 0) is 6.54 Å². The van der Waals surface area contributed by atoms with Crippen LogP contribution in [0.2, 0.25) is 0 Å². The zero-order chi connectivity index (χ0) is 16.8. The summed E-state index contributed by atoms with van der Waals surface area (Å²) in [5, 5.41) is 3.01. The van der Waals surface area contributed by atoms with Gasteiger partial charge < -0.3 is 10.2 Å². The van der Waals surface area contributed by atoms with Crippen LogP contribution in [0.4, 0.5) is 10.5 Å². The van der Waals surface area contributed by atoms with Crippen molar-refractivity contribution in [3.05, 3.63) is 60.2 Å². The molecule has 0 spiro atoms. The van der Waals surface area contributed by atoms with Crippen molar-refractivity contribution in [3.63, 3.8) is 0 Å². The number of urea groups is 1. The van der Waals surface area contributed by atoms with Crippen LogP contribution in [0.15, 0.2) is 59.5 Å². The van der Waals surface area contributed by atoms with E-state index in [4.69, 9.17) is 0 Å². The number of amides is 2. The minimum absolute atomic E-state index is 0.00684. The molecule has 2 aromatic rings. The largest absolute Gasteiger partial charge is 0.322 e. The molecule has 1 fully saturated rings. The van der Waals surface area contributed by atoms with Crippen molar-refractivity contribution in [3.8, 4) is 0 Å². The molecule has 5 heteroatoms. The third-order valence-corrected chi connectivity index (χ3v) is 4.95. The summed E-state index contributed by atoms with van der Waals surface area (Å²) in [7, 11) is 0. The van der Waals surface area contributed by atoms with Crippen LogP contribution in [-0.4, -0.2) is 48.3 Å². The maximum Gasteiger partial charge on any atom is 0.321 e. The van der Waals surface area contributed by atoms with Crippen molar-refractivity contribution in [1.82, 2.24) is 9.80 Å². The van der Waals surface area contributed by atoms with Crippen LogP contribution < -0.4 is 5.32 Å². The molecule has 2 amide bonds. The second kappa shape index (κ2) is 8.22. The number of carbonyl (C=O) groups is 1. The fourth-order valence-corrected chi connectivity index (χ4v) is 3.31. The Morgan fingerprint density at radius 2 is 1.79 bits per heavy atom. The molecule has 0 bridgehead atoms. The highest BCUT2D eigenvalue weighted by Gasteiger charge is 2.21. The first kappa shape index (κ1) is 16.9. The Morgan fingerprint density at radius 3 is 2.50 bits per heavy atom. The van der Waals surface area contributed by atoms with E-state index in [1.807, 2.05) is 41.5 Å². The van der Waals surface area contributed by atoms with Crippen LogP contribution in [0, 0.1) is 0 Å². The molecule has 0 aromatic heterocycles. The Labute approximate surface area is 147 Å². The summed E-state index contributed by atoms with van der Waals surface area (Å²) in [4.78, 5) is 17.9. The fourth-order valence-electron chi connectivity index (χ4n) is 2.85. The SMILES string of the molecule is CSc1cccc(NC(=O)N2CCN(Cc3ccccc3)CC2)c1. The Hall–Kier alpha value is -1.98. The van der Waals surface area contributed by atoms with Crippen molar-refractivity contribution < 1.29 is 4.79 Å². The molecule has 1 saturated heterocycles. The zero-order valence-electron chi connectivity index (χ0n) is 13.9. The summed E-state index contributed by atoms with van der Waals surface area (Å²) in [5.41, 5.74) is 2.18. The molecule has 0 atom stereocenters. The number of nitrogens with one attached hydrogen (secondary N) is 1. The predicted octanol–water partition coefficient (Wildman–Crippen LogP) is 3.76. The average Bonchev–Trinajstić information content (AvgIpc) is 2.63. The number of anilines is 1. The summed E-state index contributed by atoms with van der Waals surface area (Å²) in [5.74, 6) is 0. The number of benzene rings is 2. The maximum atomic E-state index is 12.4. The molecule has 0 radical (unpaired) electrons. The molecule has 0 saturated carbocycles. The van der Waals surface area contributed by atoms with E-state index in [1.165, 1.54) is 5.56 Å². The number of piperazine rings is 1. The average molecular weight is 341 g/mol. The van der Waals surface area contributed by atoms with Gasteiger partial charge in [-0.1, -0.05) is 36.4 Å². The van der Waals surface area contributed by atoms with E-state index < -0.39 is 0 Å². The van der Waals surface area contributed by atoms with E-state index in [2.05, 4.69) is 34.5 Å². The van der Waals surface area contributed by atoms with Crippen LogP contribution in [0.3, 0.4) is 0 Å². The van der Waals surface area contributed by atoms with Gasteiger partial charge in [0.05, 0.1) is 0 Å². The van der Waals surface area contributed by atoms with Gasteiger partial charge in [0, 0.05) is 43.3 Å².